The summed E-state index contributed by atoms with van der Waals surface area (Å²) in [7, 11) is 1.56. The summed E-state index contributed by atoms with van der Waals surface area (Å²) in [5.74, 6) is 0.989. The molecule has 0 aliphatic heterocycles. The highest BCUT2D eigenvalue weighted by Gasteiger charge is 2.06. The fraction of sp³-hybridized carbons (Fsp3) is 0.0714. The Kier molecular flexibility index (Phi) is 3.41. The third-order valence-corrected chi connectivity index (χ3v) is 3.66. The smallest absolute Gasteiger partial charge is 0.269 e. The number of nitrogens with two attached hydrogens (primary N) is 1. The van der Waals surface area contributed by atoms with E-state index in [1.165, 1.54) is 17.5 Å². The summed E-state index contributed by atoms with van der Waals surface area (Å²) in [5, 5.41) is 3.04. The Labute approximate surface area is 124 Å². The molecule has 1 aromatic carbocycles. The highest BCUT2D eigenvalue weighted by molar-refractivity contribution is 7.22. The summed E-state index contributed by atoms with van der Waals surface area (Å²) in [6.45, 7) is 0. The maximum absolute atomic E-state index is 11.4. The summed E-state index contributed by atoms with van der Waals surface area (Å²) < 4.78 is 6.67. The van der Waals surface area contributed by atoms with Gasteiger partial charge in [0.25, 0.3) is 5.91 Å². The third-order valence-electron chi connectivity index (χ3n) is 2.81. The van der Waals surface area contributed by atoms with Crippen LogP contribution in [0.2, 0.25) is 0 Å². The van der Waals surface area contributed by atoms with Crippen LogP contribution in [-0.2, 0) is 0 Å². The molecule has 0 spiro atoms. The number of nitrogens with zero attached hydrogens (tertiary/aromatic N) is 2. The van der Waals surface area contributed by atoms with Crippen LogP contribution >= 0.6 is 11.3 Å². The number of benzene rings is 1. The van der Waals surface area contributed by atoms with Crippen LogP contribution in [0.1, 0.15) is 10.5 Å². The molecule has 0 unspecified atom stereocenters. The summed E-state index contributed by atoms with van der Waals surface area (Å²) in [4.78, 5) is 19.6. The quantitative estimate of drug-likeness (QED) is 0.775. The van der Waals surface area contributed by atoms with Crippen molar-refractivity contribution in [2.24, 2.45) is 0 Å². The maximum Gasteiger partial charge on any atom is 0.269 e. The van der Waals surface area contributed by atoms with Gasteiger partial charge in [0.15, 0.2) is 5.13 Å². The number of aromatic nitrogens is 2. The van der Waals surface area contributed by atoms with Gasteiger partial charge < -0.3 is 15.8 Å². The Bertz CT molecular complexity index is 798. The van der Waals surface area contributed by atoms with E-state index >= 15 is 0 Å². The summed E-state index contributed by atoms with van der Waals surface area (Å²) in [6.07, 6.45) is 1.51. The van der Waals surface area contributed by atoms with E-state index in [1.807, 2.05) is 18.2 Å². The molecule has 6 nitrogen and oxygen atoms in total. The van der Waals surface area contributed by atoms with Gasteiger partial charge in [0.2, 0.25) is 0 Å². The Morgan fingerprint density at radius 3 is 2.81 bits per heavy atom. The lowest BCUT2D eigenvalue weighted by atomic mass is 10.3. The van der Waals surface area contributed by atoms with Crippen LogP contribution in [-0.4, -0.2) is 22.9 Å². The predicted molar refractivity (Wildman–Crippen MR) is 81.7 cm³/mol. The Balaban J connectivity index is 1.82. The SMILES string of the molecule is CNC(=O)c1ccc(Oc2ccc3nc(N)sc3c2)cn1. The molecule has 0 saturated carbocycles. The molecule has 0 aliphatic rings. The fourth-order valence-electron chi connectivity index (χ4n) is 1.83. The second-order valence-electron chi connectivity index (χ2n) is 4.24. The molecule has 0 saturated heterocycles. The van der Waals surface area contributed by atoms with E-state index in [9.17, 15) is 4.79 Å². The minimum atomic E-state index is -0.233. The lowest BCUT2D eigenvalue weighted by molar-refractivity contribution is 0.0958. The topological polar surface area (TPSA) is 90.1 Å². The number of fused-ring (bicyclic) bond motifs is 1. The van der Waals surface area contributed by atoms with E-state index in [1.54, 1.807) is 19.2 Å². The molecule has 3 N–H and O–H groups in total. The zero-order chi connectivity index (χ0) is 14.8. The summed E-state index contributed by atoms with van der Waals surface area (Å²) in [5.41, 5.74) is 6.86. The zero-order valence-electron chi connectivity index (χ0n) is 11.2. The second-order valence-corrected chi connectivity index (χ2v) is 5.30. The monoisotopic (exact) mass is 300 g/mol. The van der Waals surface area contributed by atoms with Crippen molar-refractivity contribution in [2.45, 2.75) is 0 Å². The van der Waals surface area contributed by atoms with Crippen molar-refractivity contribution in [2.75, 3.05) is 12.8 Å². The average molecular weight is 300 g/mol. The van der Waals surface area contributed by atoms with Gasteiger partial charge in [-0.1, -0.05) is 11.3 Å². The molecule has 0 radical (unpaired) electrons. The van der Waals surface area contributed by atoms with Gasteiger partial charge >= 0.3 is 0 Å². The molecule has 3 rings (SSSR count). The first-order valence-corrected chi connectivity index (χ1v) is 6.99. The minimum absolute atomic E-state index is 0.233. The van der Waals surface area contributed by atoms with E-state index in [0.717, 1.165) is 10.2 Å². The summed E-state index contributed by atoms with van der Waals surface area (Å²) >= 11 is 1.40. The number of carbonyl (C=O) groups excluding carboxylic acids is 1. The van der Waals surface area contributed by atoms with E-state index < -0.39 is 0 Å². The van der Waals surface area contributed by atoms with Gasteiger partial charge in [-0.2, -0.15) is 0 Å². The number of ether oxygens (including phenoxy) is 1. The number of thiazole rings is 1. The van der Waals surface area contributed by atoms with Gasteiger partial charge in [-0.15, -0.1) is 0 Å². The highest BCUT2D eigenvalue weighted by atomic mass is 32.1. The standard InChI is InChI=1S/C14H12N4O2S/c1-16-13(19)11-5-3-9(7-17-11)20-8-2-4-10-12(6-8)21-14(15)18-10/h2-7H,1H3,(H2,15,18)(H,16,19). The van der Waals surface area contributed by atoms with Gasteiger partial charge in [0.1, 0.15) is 17.2 Å². The third kappa shape index (κ3) is 2.77. The Hall–Kier alpha value is -2.67. The lowest BCUT2D eigenvalue weighted by Crippen LogP contribution is -2.18. The largest absolute Gasteiger partial charge is 0.456 e. The van der Waals surface area contributed by atoms with Gasteiger partial charge in [-0.05, 0) is 24.3 Å². The molecule has 21 heavy (non-hydrogen) atoms. The number of nitrogens with one attached hydrogen (secondary N) is 1. The molecule has 0 fully saturated rings. The van der Waals surface area contributed by atoms with Crippen LogP contribution in [0.4, 0.5) is 5.13 Å². The molecule has 1 amide bonds. The maximum atomic E-state index is 11.4. The van der Waals surface area contributed by atoms with Crippen LogP contribution in [0.15, 0.2) is 36.5 Å². The highest BCUT2D eigenvalue weighted by Crippen LogP contribution is 2.29. The van der Waals surface area contributed by atoms with Crippen molar-refractivity contribution >= 4 is 32.6 Å². The first-order chi connectivity index (χ1) is 10.2. The molecule has 0 bridgehead atoms. The van der Waals surface area contributed by atoms with Gasteiger partial charge in [0, 0.05) is 13.1 Å². The van der Waals surface area contributed by atoms with Crippen molar-refractivity contribution in [3.05, 3.63) is 42.2 Å². The average Bonchev–Trinajstić information content (AvgIpc) is 2.86. The molecular weight excluding hydrogens is 288 g/mol. The first-order valence-electron chi connectivity index (χ1n) is 6.18. The van der Waals surface area contributed by atoms with Gasteiger partial charge in [-0.25, -0.2) is 9.97 Å². The van der Waals surface area contributed by atoms with E-state index in [-0.39, 0.29) is 5.91 Å². The fourth-order valence-corrected chi connectivity index (χ4v) is 2.59. The molecule has 3 aromatic rings. The zero-order valence-corrected chi connectivity index (χ0v) is 12.0. The van der Waals surface area contributed by atoms with Gasteiger partial charge in [-0.3, -0.25) is 4.79 Å². The van der Waals surface area contributed by atoms with Crippen molar-refractivity contribution in [3.8, 4) is 11.5 Å². The van der Waals surface area contributed by atoms with Crippen molar-refractivity contribution in [3.63, 3.8) is 0 Å². The lowest BCUT2D eigenvalue weighted by Gasteiger charge is -2.05. The predicted octanol–water partition coefficient (Wildman–Crippen LogP) is 2.43. The van der Waals surface area contributed by atoms with Crippen molar-refractivity contribution in [1.29, 1.82) is 0 Å². The number of pyridine rings is 1. The molecule has 2 heterocycles. The van der Waals surface area contributed by atoms with Crippen molar-refractivity contribution < 1.29 is 9.53 Å². The number of hydrogen-bond donors (Lipinski definition) is 2. The van der Waals surface area contributed by atoms with Crippen LogP contribution in [0, 0.1) is 0 Å². The van der Waals surface area contributed by atoms with Crippen LogP contribution in [0.25, 0.3) is 10.2 Å². The molecule has 0 aliphatic carbocycles. The van der Waals surface area contributed by atoms with E-state index in [2.05, 4.69) is 15.3 Å². The molecular formula is C14H12N4O2S. The number of anilines is 1. The van der Waals surface area contributed by atoms with Crippen LogP contribution in [0.3, 0.4) is 0 Å². The second kappa shape index (κ2) is 5.37. The number of nitrogen functional groups attached to an aromatic ring is 1. The minimum Gasteiger partial charge on any atom is -0.456 e. The molecule has 106 valence electrons. The number of amides is 1. The normalized spacial score (nSPS) is 10.5. The number of hydrogen-bond acceptors (Lipinski definition) is 6. The van der Waals surface area contributed by atoms with Crippen LogP contribution < -0.4 is 15.8 Å². The molecule has 7 heteroatoms. The van der Waals surface area contributed by atoms with Crippen LogP contribution in [0.5, 0.6) is 11.5 Å². The van der Waals surface area contributed by atoms with Gasteiger partial charge in [0.05, 0.1) is 16.4 Å². The summed E-state index contributed by atoms with van der Waals surface area (Å²) in [6, 6.07) is 8.84. The molecule has 0 atom stereocenters. The Morgan fingerprint density at radius 1 is 1.29 bits per heavy atom. The first kappa shape index (κ1) is 13.3. The Morgan fingerprint density at radius 2 is 2.10 bits per heavy atom. The number of rotatable bonds is 3. The number of carbonyl (C=O) groups is 1. The van der Waals surface area contributed by atoms with E-state index in [4.69, 9.17) is 10.5 Å². The van der Waals surface area contributed by atoms with E-state index in [0.29, 0.717) is 22.3 Å². The molecule has 2 aromatic heterocycles. The van der Waals surface area contributed by atoms with Crippen molar-refractivity contribution in [1.82, 2.24) is 15.3 Å².